The molecule has 5 heteroatoms. The van der Waals surface area contributed by atoms with Crippen molar-refractivity contribution in [3.63, 3.8) is 0 Å². The van der Waals surface area contributed by atoms with E-state index >= 15 is 0 Å². The van der Waals surface area contributed by atoms with Gasteiger partial charge in [0.2, 0.25) is 5.95 Å². The maximum atomic E-state index is 4.41. The minimum atomic E-state index is 0.680. The molecule has 100 valence electrons. The summed E-state index contributed by atoms with van der Waals surface area (Å²) in [4.78, 5) is 11.9. The van der Waals surface area contributed by atoms with Crippen molar-refractivity contribution < 1.29 is 0 Å². The van der Waals surface area contributed by atoms with E-state index in [4.69, 9.17) is 0 Å². The maximum absolute atomic E-state index is 4.41. The Kier molecular flexibility index (Phi) is 5.03. The van der Waals surface area contributed by atoms with Crippen LogP contribution < -0.4 is 10.2 Å². The van der Waals surface area contributed by atoms with Gasteiger partial charge in [0.25, 0.3) is 0 Å². The van der Waals surface area contributed by atoms with Crippen LogP contribution in [-0.4, -0.2) is 36.4 Å². The zero-order valence-corrected chi connectivity index (χ0v) is 12.0. The fourth-order valence-electron chi connectivity index (χ4n) is 1.53. The molecule has 0 saturated carbocycles. The van der Waals surface area contributed by atoms with Crippen LogP contribution in [0.15, 0.2) is 47.5 Å². The Morgan fingerprint density at radius 2 is 1.95 bits per heavy atom. The molecule has 0 fully saturated rings. The molecule has 0 aliphatic carbocycles. The Morgan fingerprint density at radius 3 is 2.68 bits per heavy atom. The van der Waals surface area contributed by atoms with Crippen molar-refractivity contribution in [2.75, 3.05) is 36.6 Å². The largest absolute Gasteiger partial charge is 0.363 e. The topological polar surface area (TPSA) is 41.1 Å². The Morgan fingerprint density at radius 1 is 1.16 bits per heavy atom. The number of anilines is 2. The first-order valence-electron chi connectivity index (χ1n) is 6.18. The van der Waals surface area contributed by atoms with Crippen LogP contribution >= 0.6 is 11.8 Å². The smallest absolute Gasteiger partial charge is 0.224 e. The maximum Gasteiger partial charge on any atom is 0.224 e. The molecule has 0 saturated heterocycles. The Bertz CT molecular complexity index is 502. The van der Waals surface area contributed by atoms with Gasteiger partial charge in [-0.1, -0.05) is 18.2 Å². The van der Waals surface area contributed by atoms with Crippen LogP contribution in [0.1, 0.15) is 0 Å². The monoisotopic (exact) mass is 274 g/mol. The van der Waals surface area contributed by atoms with E-state index in [0.717, 1.165) is 18.1 Å². The normalized spacial score (nSPS) is 10.2. The number of thioether (sulfide) groups is 1. The van der Waals surface area contributed by atoms with Gasteiger partial charge in [0, 0.05) is 37.5 Å². The molecule has 4 nitrogen and oxygen atoms in total. The number of hydrogen-bond acceptors (Lipinski definition) is 5. The van der Waals surface area contributed by atoms with Crippen LogP contribution in [0.2, 0.25) is 0 Å². The summed E-state index contributed by atoms with van der Waals surface area (Å²) in [7, 11) is 3.94. The molecule has 1 aromatic carbocycles. The highest BCUT2D eigenvalue weighted by atomic mass is 32.2. The molecule has 0 spiro atoms. The van der Waals surface area contributed by atoms with Gasteiger partial charge in [0.05, 0.1) is 0 Å². The van der Waals surface area contributed by atoms with Gasteiger partial charge >= 0.3 is 0 Å². The lowest BCUT2D eigenvalue weighted by Crippen LogP contribution is -2.13. The summed E-state index contributed by atoms with van der Waals surface area (Å²) in [6.45, 7) is 0.844. The first-order valence-corrected chi connectivity index (χ1v) is 7.16. The Labute approximate surface area is 118 Å². The lowest BCUT2D eigenvalue weighted by atomic mass is 10.4. The molecule has 0 bridgehead atoms. The van der Waals surface area contributed by atoms with Crippen molar-refractivity contribution in [2.45, 2.75) is 4.90 Å². The summed E-state index contributed by atoms with van der Waals surface area (Å²) >= 11 is 1.82. The summed E-state index contributed by atoms with van der Waals surface area (Å²) in [5, 5.41) is 3.24. The van der Waals surface area contributed by atoms with Gasteiger partial charge < -0.3 is 10.2 Å². The number of hydrogen-bond donors (Lipinski definition) is 1. The third kappa shape index (κ3) is 4.44. The second-order valence-electron chi connectivity index (χ2n) is 4.22. The number of rotatable bonds is 6. The quantitative estimate of drug-likeness (QED) is 0.648. The molecule has 0 aliphatic rings. The molecule has 2 rings (SSSR count). The van der Waals surface area contributed by atoms with E-state index < -0.39 is 0 Å². The van der Waals surface area contributed by atoms with Crippen LogP contribution in [0.4, 0.5) is 11.8 Å². The van der Waals surface area contributed by atoms with E-state index in [1.54, 1.807) is 6.20 Å². The molecule has 0 unspecified atom stereocenters. The first kappa shape index (κ1) is 13.7. The standard InChI is InChI=1S/C14H18N4S/c1-18(2)13-8-9-15-14(17-13)16-10-11-19-12-6-4-3-5-7-12/h3-9H,10-11H2,1-2H3,(H,15,16,17). The van der Waals surface area contributed by atoms with Crippen LogP contribution in [-0.2, 0) is 0 Å². The molecule has 19 heavy (non-hydrogen) atoms. The molecule has 0 radical (unpaired) electrons. The Balaban J connectivity index is 1.78. The lowest BCUT2D eigenvalue weighted by Gasteiger charge is -2.12. The van der Waals surface area contributed by atoms with E-state index in [1.165, 1.54) is 4.90 Å². The van der Waals surface area contributed by atoms with Crippen molar-refractivity contribution in [1.29, 1.82) is 0 Å². The minimum Gasteiger partial charge on any atom is -0.363 e. The second kappa shape index (κ2) is 6.99. The van der Waals surface area contributed by atoms with E-state index in [-0.39, 0.29) is 0 Å². The first-order chi connectivity index (χ1) is 9.25. The van der Waals surface area contributed by atoms with Crippen molar-refractivity contribution in [3.05, 3.63) is 42.6 Å². The van der Waals surface area contributed by atoms with Crippen molar-refractivity contribution in [3.8, 4) is 0 Å². The predicted octanol–water partition coefficient (Wildman–Crippen LogP) is 2.75. The highest BCUT2D eigenvalue weighted by Gasteiger charge is 2.00. The molecule has 0 atom stereocenters. The second-order valence-corrected chi connectivity index (χ2v) is 5.39. The van der Waals surface area contributed by atoms with Crippen LogP contribution in [0.3, 0.4) is 0 Å². The van der Waals surface area contributed by atoms with Crippen LogP contribution in [0.25, 0.3) is 0 Å². The summed E-state index contributed by atoms with van der Waals surface area (Å²) < 4.78 is 0. The van der Waals surface area contributed by atoms with Gasteiger partial charge in [-0.3, -0.25) is 0 Å². The van der Waals surface area contributed by atoms with Gasteiger partial charge in [0.15, 0.2) is 0 Å². The van der Waals surface area contributed by atoms with E-state index in [0.29, 0.717) is 5.95 Å². The summed E-state index contributed by atoms with van der Waals surface area (Å²) in [6.07, 6.45) is 1.77. The van der Waals surface area contributed by atoms with Gasteiger partial charge in [-0.05, 0) is 18.2 Å². The summed E-state index contributed by atoms with van der Waals surface area (Å²) in [5.41, 5.74) is 0. The van der Waals surface area contributed by atoms with Crippen LogP contribution in [0.5, 0.6) is 0 Å². The van der Waals surface area contributed by atoms with Gasteiger partial charge in [-0.15, -0.1) is 11.8 Å². The minimum absolute atomic E-state index is 0.680. The highest BCUT2D eigenvalue weighted by molar-refractivity contribution is 7.99. The lowest BCUT2D eigenvalue weighted by molar-refractivity contribution is 1.02. The van der Waals surface area contributed by atoms with Crippen molar-refractivity contribution >= 4 is 23.5 Å². The number of aromatic nitrogens is 2. The number of nitrogens with zero attached hydrogens (tertiary/aromatic N) is 3. The van der Waals surface area contributed by atoms with Crippen molar-refractivity contribution in [2.24, 2.45) is 0 Å². The zero-order chi connectivity index (χ0) is 13.5. The molecule has 1 aromatic heterocycles. The van der Waals surface area contributed by atoms with Gasteiger partial charge in [0.1, 0.15) is 5.82 Å². The summed E-state index contributed by atoms with van der Waals surface area (Å²) in [6, 6.07) is 12.3. The van der Waals surface area contributed by atoms with Crippen molar-refractivity contribution in [1.82, 2.24) is 9.97 Å². The van der Waals surface area contributed by atoms with E-state index in [2.05, 4.69) is 39.6 Å². The number of nitrogens with one attached hydrogen (secondary N) is 1. The van der Waals surface area contributed by atoms with Gasteiger partial charge in [-0.2, -0.15) is 4.98 Å². The highest BCUT2D eigenvalue weighted by Crippen LogP contribution is 2.16. The molecular formula is C14H18N4S. The predicted molar refractivity (Wildman–Crippen MR) is 82.0 cm³/mol. The average molecular weight is 274 g/mol. The molecule has 1 heterocycles. The van der Waals surface area contributed by atoms with E-state index in [1.807, 2.05) is 42.9 Å². The molecule has 1 N–H and O–H groups in total. The zero-order valence-electron chi connectivity index (χ0n) is 11.2. The fourth-order valence-corrected chi connectivity index (χ4v) is 2.32. The molecule has 2 aromatic rings. The number of benzene rings is 1. The molecule has 0 aliphatic heterocycles. The van der Waals surface area contributed by atoms with E-state index in [9.17, 15) is 0 Å². The molecular weight excluding hydrogens is 256 g/mol. The molecule has 0 amide bonds. The third-order valence-electron chi connectivity index (χ3n) is 2.50. The SMILES string of the molecule is CN(C)c1ccnc(NCCSc2ccccc2)n1. The fraction of sp³-hybridized carbons (Fsp3) is 0.286. The van der Waals surface area contributed by atoms with Gasteiger partial charge in [-0.25, -0.2) is 4.98 Å². The third-order valence-corrected chi connectivity index (χ3v) is 3.51. The average Bonchev–Trinajstić information content (AvgIpc) is 2.45. The Hall–Kier alpha value is -1.75. The summed E-state index contributed by atoms with van der Waals surface area (Å²) in [5.74, 6) is 2.58. The van der Waals surface area contributed by atoms with Crippen LogP contribution in [0, 0.1) is 0 Å².